The number of nitrogens with one attached hydrogen (secondary N) is 1. The first-order valence-electron chi connectivity index (χ1n) is 6.63. The number of unbranched alkanes of at least 4 members (excludes halogenated alkanes) is 1. The van der Waals surface area contributed by atoms with E-state index in [1.807, 2.05) is 0 Å². The van der Waals surface area contributed by atoms with Crippen molar-refractivity contribution in [1.29, 1.82) is 0 Å². The second-order valence-corrected chi connectivity index (χ2v) is 4.39. The number of hydrogen-bond acceptors (Lipinski definition) is 6. The van der Waals surface area contributed by atoms with Crippen LogP contribution in [0, 0.1) is 0 Å². The molecule has 0 aliphatic carbocycles. The predicted octanol–water partition coefficient (Wildman–Crippen LogP) is -1.55. The standard InChI is InChI=1S/C6H12N2O3.C6H14N2O2/c1-8-5(9)3-2-4(7)6(10)11;7-4-2-1-3-5(8)6(9)10/h4H,2-3,7H2,1H3,(H,8,9)(H,10,11);5H,1-4,7-8H2,(H,9,10). The Balaban J connectivity index is 0. The third-order valence-corrected chi connectivity index (χ3v) is 2.56. The summed E-state index contributed by atoms with van der Waals surface area (Å²) in [6.45, 7) is 0.604. The number of carbonyl (C=O) groups excluding carboxylic acids is 1. The van der Waals surface area contributed by atoms with Crippen LogP contribution in [0.2, 0.25) is 0 Å². The van der Waals surface area contributed by atoms with Crippen LogP contribution in [0.1, 0.15) is 32.1 Å². The molecule has 9 nitrogen and oxygen atoms in total. The minimum Gasteiger partial charge on any atom is -0.480 e. The van der Waals surface area contributed by atoms with E-state index in [0.717, 1.165) is 12.8 Å². The smallest absolute Gasteiger partial charge is 0.320 e. The molecule has 2 atom stereocenters. The SMILES string of the molecule is CNC(=O)CCC(N)C(=O)O.NCCCCC(N)C(=O)O. The molecule has 0 saturated carbocycles. The lowest BCUT2D eigenvalue weighted by Crippen LogP contribution is -2.31. The van der Waals surface area contributed by atoms with Gasteiger partial charge in [0, 0.05) is 13.5 Å². The fourth-order valence-corrected chi connectivity index (χ4v) is 1.17. The fourth-order valence-electron chi connectivity index (χ4n) is 1.17. The van der Waals surface area contributed by atoms with Gasteiger partial charge in [-0.25, -0.2) is 0 Å². The lowest BCUT2D eigenvalue weighted by atomic mass is 10.1. The molecule has 0 radical (unpaired) electrons. The summed E-state index contributed by atoms with van der Waals surface area (Å²) in [7, 11) is 1.49. The molecule has 0 saturated heterocycles. The van der Waals surface area contributed by atoms with Crippen LogP contribution >= 0.6 is 0 Å². The van der Waals surface area contributed by atoms with Crippen molar-refractivity contribution >= 4 is 17.8 Å². The molecule has 1 amide bonds. The van der Waals surface area contributed by atoms with Crippen LogP contribution in [-0.4, -0.2) is 53.7 Å². The maximum Gasteiger partial charge on any atom is 0.320 e. The third kappa shape index (κ3) is 14.5. The van der Waals surface area contributed by atoms with Crippen molar-refractivity contribution in [3.63, 3.8) is 0 Å². The minimum atomic E-state index is -1.08. The summed E-state index contributed by atoms with van der Waals surface area (Å²) in [4.78, 5) is 30.9. The molecule has 0 heterocycles. The molecule has 0 aliphatic rings. The van der Waals surface area contributed by atoms with Gasteiger partial charge in [0.05, 0.1) is 0 Å². The van der Waals surface area contributed by atoms with Gasteiger partial charge in [-0.05, 0) is 25.8 Å². The zero-order chi connectivity index (χ0) is 16.8. The molecule has 0 fully saturated rings. The molecule has 0 aliphatic heterocycles. The van der Waals surface area contributed by atoms with Crippen LogP contribution in [0.3, 0.4) is 0 Å². The van der Waals surface area contributed by atoms with Gasteiger partial charge in [-0.3, -0.25) is 14.4 Å². The summed E-state index contributed by atoms with van der Waals surface area (Å²) in [5.41, 5.74) is 15.6. The van der Waals surface area contributed by atoms with Gasteiger partial charge in [-0.2, -0.15) is 0 Å². The summed E-state index contributed by atoms with van der Waals surface area (Å²) >= 11 is 0. The zero-order valence-corrected chi connectivity index (χ0v) is 12.2. The molecule has 21 heavy (non-hydrogen) atoms. The number of carbonyl (C=O) groups is 3. The molecule has 0 rings (SSSR count). The number of aliphatic carboxylic acids is 2. The lowest BCUT2D eigenvalue weighted by molar-refractivity contribution is -0.139. The van der Waals surface area contributed by atoms with Crippen molar-refractivity contribution in [2.24, 2.45) is 17.2 Å². The van der Waals surface area contributed by atoms with Gasteiger partial charge in [0.15, 0.2) is 0 Å². The fraction of sp³-hybridized carbons (Fsp3) is 0.750. The summed E-state index contributed by atoms with van der Waals surface area (Å²) in [6, 6.07) is -1.65. The highest BCUT2D eigenvalue weighted by Gasteiger charge is 2.12. The number of carboxylic acid groups (broad SMARTS) is 2. The van der Waals surface area contributed by atoms with Crippen molar-refractivity contribution in [3.05, 3.63) is 0 Å². The van der Waals surface area contributed by atoms with Crippen LogP contribution in [0.25, 0.3) is 0 Å². The minimum absolute atomic E-state index is 0.157. The van der Waals surface area contributed by atoms with E-state index in [9.17, 15) is 14.4 Å². The van der Waals surface area contributed by atoms with Crippen molar-refractivity contribution in [2.45, 2.75) is 44.2 Å². The highest BCUT2D eigenvalue weighted by atomic mass is 16.4. The molecule has 2 unspecified atom stereocenters. The topological polar surface area (TPSA) is 182 Å². The van der Waals surface area contributed by atoms with E-state index in [-0.39, 0.29) is 18.7 Å². The largest absolute Gasteiger partial charge is 0.480 e. The molecule has 9 N–H and O–H groups in total. The number of rotatable bonds is 9. The molecule has 9 heteroatoms. The lowest BCUT2D eigenvalue weighted by Gasteiger charge is -2.03. The zero-order valence-electron chi connectivity index (χ0n) is 12.2. The third-order valence-electron chi connectivity index (χ3n) is 2.56. The van der Waals surface area contributed by atoms with Crippen molar-refractivity contribution in [3.8, 4) is 0 Å². The Morgan fingerprint density at radius 1 is 1.00 bits per heavy atom. The molecular weight excluding hydrogens is 280 g/mol. The Morgan fingerprint density at radius 2 is 1.48 bits per heavy atom. The highest BCUT2D eigenvalue weighted by molar-refractivity contribution is 5.78. The van der Waals surface area contributed by atoms with Crippen LogP contribution < -0.4 is 22.5 Å². The molecule has 0 aromatic carbocycles. The molecule has 0 aromatic rings. The normalized spacial score (nSPS) is 12.6. The monoisotopic (exact) mass is 306 g/mol. The van der Waals surface area contributed by atoms with Gasteiger partial charge in [0.1, 0.15) is 12.1 Å². The Kier molecular flexibility index (Phi) is 13.7. The predicted molar refractivity (Wildman–Crippen MR) is 77.4 cm³/mol. The number of hydrogen-bond donors (Lipinski definition) is 6. The van der Waals surface area contributed by atoms with Crippen LogP contribution in [-0.2, 0) is 14.4 Å². The number of amides is 1. The Hall–Kier alpha value is -1.71. The maximum absolute atomic E-state index is 10.6. The summed E-state index contributed by atoms with van der Waals surface area (Å²) in [5, 5.41) is 19.0. The van der Waals surface area contributed by atoms with Crippen LogP contribution in [0.5, 0.6) is 0 Å². The molecule has 124 valence electrons. The van der Waals surface area contributed by atoms with Crippen molar-refractivity contribution in [2.75, 3.05) is 13.6 Å². The Labute approximate surface area is 123 Å². The van der Waals surface area contributed by atoms with Crippen molar-refractivity contribution in [1.82, 2.24) is 5.32 Å². The van der Waals surface area contributed by atoms with E-state index in [1.54, 1.807) is 0 Å². The number of nitrogens with two attached hydrogens (primary N) is 3. The van der Waals surface area contributed by atoms with Crippen LogP contribution in [0.4, 0.5) is 0 Å². The van der Waals surface area contributed by atoms with E-state index >= 15 is 0 Å². The average molecular weight is 306 g/mol. The molecular formula is C12H26N4O5. The summed E-state index contributed by atoms with van der Waals surface area (Å²) < 4.78 is 0. The van der Waals surface area contributed by atoms with E-state index < -0.39 is 24.0 Å². The quantitative estimate of drug-likeness (QED) is 0.277. The van der Waals surface area contributed by atoms with Gasteiger partial charge in [0.2, 0.25) is 5.91 Å². The second-order valence-electron chi connectivity index (χ2n) is 4.39. The first-order valence-corrected chi connectivity index (χ1v) is 6.63. The molecule has 0 aromatic heterocycles. The van der Waals surface area contributed by atoms with E-state index in [0.29, 0.717) is 13.0 Å². The van der Waals surface area contributed by atoms with Gasteiger partial charge in [-0.1, -0.05) is 6.42 Å². The van der Waals surface area contributed by atoms with Gasteiger partial charge < -0.3 is 32.7 Å². The molecule has 0 spiro atoms. The highest BCUT2D eigenvalue weighted by Crippen LogP contribution is 1.97. The van der Waals surface area contributed by atoms with Gasteiger partial charge >= 0.3 is 11.9 Å². The summed E-state index contributed by atoms with van der Waals surface area (Å²) in [6.07, 6.45) is 2.50. The molecule has 0 bridgehead atoms. The Morgan fingerprint density at radius 3 is 1.86 bits per heavy atom. The second kappa shape index (κ2) is 13.3. The van der Waals surface area contributed by atoms with Crippen LogP contribution in [0.15, 0.2) is 0 Å². The van der Waals surface area contributed by atoms with Gasteiger partial charge in [0.25, 0.3) is 0 Å². The maximum atomic E-state index is 10.6. The average Bonchev–Trinajstić information content (AvgIpc) is 2.44. The summed E-state index contributed by atoms with van der Waals surface area (Å²) in [5.74, 6) is -2.20. The first kappa shape index (κ1) is 21.6. The van der Waals surface area contributed by atoms with E-state index in [1.165, 1.54) is 7.05 Å². The van der Waals surface area contributed by atoms with Gasteiger partial charge in [-0.15, -0.1) is 0 Å². The number of carboxylic acids is 2. The Bertz CT molecular complexity index is 325. The first-order chi connectivity index (χ1) is 9.76. The van der Waals surface area contributed by atoms with E-state index in [2.05, 4.69) is 5.32 Å². The van der Waals surface area contributed by atoms with Crippen molar-refractivity contribution < 1.29 is 24.6 Å². The van der Waals surface area contributed by atoms with E-state index in [4.69, 9.17) is 27.4 Å².